The molecule has 0 heterocycles. The molecule has 4 fully saturated rings. The molecule has 4 aliphatic rings. The van der Waals surface area contributed by atoms with E-state index in [1.807, 2.05) is 0 Å². The Morgan fingerprint density at radius 3 is 2.11 bits per heavy atom. The fourth-order valence-corrected chi connectivity index (χ4v) is 10.6. The van der Waals surface area contributed by atoms with Gasteiger partial charge < -0.3 is 36.3 Å². The number of carbonyl (C=O) groups is 3. The van der Waals surface area contributed by atoms with Crippen molar-refractivity contribution in [1.29, 1.82) is 0 Å². The molecule has 0 radical (unpaired) electrons. The number of ether oxygens (including phenoxy) is 3. The standard InChI is InChI=1S/C36H64N4O6/c1-6-40(5)19-7-8-23(2)26-9-10-27-34-28(22-30(36(26,27)4)46-33(43)14-18-39)35(3)15-11-25(44-31(41)12-16-37)20-24(35)21-29(34)45-32(42)13-17-38/h23-30,34H,6-22,37-39H2,1-5H3/t23-,24?,25-,26?,27+,28+,29-,30+,34?,35+,36-/m1/s1. The van der Waals surface area contributed by atoms with Gasteiger partial charge in [0.25, 0.3) is 0 Å². The minimum Gasteiger partial charge on any atom is -0.462 e. The molecule has 0 aliphatic heterocycles. The summed E-state index contributed by atoms with van der Waals surface area (Å²) in [4.78, 5) is 41.0. The van der Waals surface area contributed by atoms with Crippen molar-refractivity contribution < 1.29 is 28.6 Å². The maximum Gasteiger partial charge on any atom is 0.307 e. The van der Waals surface area contributed by atoms with Crippen molar-refractivity contribution in [1.82, 2.24) is 4.90 Å². The van der Waals surface area contributed by atoms with Gasteiger partial charge in [0.1, 0.15) is 18.3 Å². The van der Waals surface area contributed by atoms with E-state index in [2.05, 4.69) is 39.6 Å². The van der Waals surface area contributed by atoms with E-state index in [0.717, 1.165) is 70.9 Å². The quantitative estimate of drug-likeness (QED) is 0.175. The van der Waals surface area contributed by atoms with E-state index in [-0.39, 0.29) is 110 Å². The molecule has 10 nitrogen and oxygen atoms in total. The topological polar surface area (TPSA) is 160 Å². The summed E-state index contributed by atoms with van der Waals surface area (Å²) >= 11 is 0. The number of carbonyl (C=O) groups excluding carboxylic acids is 3. The van der Waals surface area contributed by atoms with Gasteiger partial charge in [-0.2, -0.15) is 0 Å². The lowest BCUT2D eigenvalue weighted by atomic mass is 9.43. The van der Waals surface area contributed by atoms with E-state index in [0.29, 0.717) is 11.8 Å². The molecular formula is C36H64N4O6. The molecule has 4 aliphatic carbocycles. The molecule has 46 heavy (non-hydrogen) atoms. The predicted octanol–water partition coefficient (Wildman–Crippen LogP) is 4.01. The van der Waals surface area contributed by atoms with E-state index in [4.69, 9.17) is 31.4 Å². The van der Waals surface area contributed by atoms with Gasteiger partial charge in [0, 0.05) is 31.0 Å². The van der Waals surface area contributed by atoms with Gasteiger partial charge >= 0.3 is 17.9 Å². The Labute approximate surface area is 277 Å². The summed E-state index contributed by atoms with van der Waals surface area (Å²) in [5.41, 5.74) is 16.9. The highest BCUT2D eigenvalue weighted by Crippen LogP contribution is 2.69. The van der Waals surface area contributed by atoms with E-state index in [1.54, 1.807) is 0 Å². The van der Waals surface area contributed by atoms with Crippen molar-refractivity contribution in [2.75, 3.05) is 39.8 Å². The van der Waals surface area contributed by atoms with Crippen LogP contribution in [0.25, 0.3) is 0 Å². The molecule has 0 bridgehead atoms. The van der Waals surface area contributed by atoms with Crippen LogP contribution in [0.4, 0.5) is 0 Å². The Morgan fingerprint density at radius 1 is 0.848 bits per heavy atom. The van der Waals surface area contributed by atoms with E-state index in [9.17, 15) is 14.4 Å². The zero-order valence-electron chi connectivity index (χ0n) is 29.3. The smallest absolute Gasteiger partial charge is 0.307 e. The van der Waals surface area contributed by atoms with Gasteiger partial charge in [-0.05, 0) is 113 Å². The zero-order valence-corrected chi connectivity index (χ0v) is 29.3. The van der Waals surface area contributed by atoms with Crippen molar-refractivity contribution in [3.05, 3.63) is 0 Å². The molecule has 6 N–H and O–H groups in total. The van der Waals surface area contributed by atoms with Crippen LogP contribution >= 0.6 is 0 Å². The van der Waals surface area contributed by atoms with Crippen LogP contribution in [-0.4, -0.2) is 80.9 Å². The van der Waals surface area contributed by atoms with E-state index >= 15 is 0 Å². The minimum atomic E-state index is -0.247. The SMILES string of the molecule is CCN(C)CCC[C@@H](C)C1CC[C@H]2C3[C@H](OC(=O)CCN)CC4C[C@H](OC(=O)CCN)CC[C@]4(C)[C@H]3C[C@H](OC(=O)CCN)[C@]12C. The van der Waals surface area contributed by atoms with Gasteiger partial charge in [-0.1, -0.05) is 27.7 Å². The predicted molar refractivity (Wildman–Crippen MR) is 178 cm³/mol. The van der Waals surface area contributed by atoms with Crippen LogP contribution < -0.4 is 17.2 Å². The van der Waals surface area contributed by atoms with Crippen molar-refractivity contribution in [2.24, 2.45) is 63.5 Å². The normalized spacial score (nSPS) is 37.5. The van der Waals surface area contributed by atoms with Gasteiger partial charge in [-0.3, -0.25) is 14.4 Å². The van der Waals surface area contributed by atoms with E-state index < -0.39 is 0 Å². The Balaban J connectivity index is 1.68. The first-order valence-corrected chi connectivity index (χ1v) is 18.3. The number of rotatable bonds is 15. The van der Waals surface area contributed by atoms with Gasteiger partial charge in [0.15, 0.2) is 0 Å². The summed E-state index contributed by atoms with van der Waals surface area (Å²) in [5.74, 6) is 1.06. The fourth-order valence-electron chi connectivity index (χ4n) is 10.6. The zero-order chi connectivity index (χ0) is 33.6. The number of hydrogen-bond donors (Lipinski definition) is 3. The van der Waals surface area contributed by atoms with Gasteiger partial charge in [0.05, 0.1) is 19.3 Å². The molecule has 11 atom stereocenters. The molecule has 0 saturated heterocycles. The third kappa shape index (κ3) is 7.76. The Morgan fingerprint density at radius 2 is 1.48 bits per heavy atom. The lowest BCUT2D eigenvalue weighted by Gasteiger charge is -2.64. The molecule has 0 spiro atoms. The van der Waals surface area contributed by atoms with Crippen molar-refractivity contribution in [3.63, 3.8) is 0 Å². The third-order valence-corrected chi connectivity index (χ3v) is 13.1. The molecule has 0 aromatic carbocycles. The molecule has 0 amide bonds. The molecular weight excluding hydrogens is 584 g/mol. The second kappa shape index (κ2) is 16.1. The van der Waals surface area contributed by atoms with Crippen molar-refractivity contribution in [2.45, 2.75) is 123 Å². The van der Waals surface area contributed by atoms with Crippen LogP contribution in [0.3, 0.4) is 0 Å². The summed E-state index contributed by atoms with van der Waals surface area (Å²) in [5, 5.41) is 0. The number of hydrogen-bond acceptors (Lipinski definition) is 10. The summed E-state index contributed by atoms with van der Waals surface area (Å²) in [6.45, 7) is 12.3. The molecule has 3 unspecified atom stereocenters. The van der Waals surface area contributed by atoms with Crippen molar-refractivity contribution >= 4 is 17.9 Å². The lowest BCUT2D eigenvalue weighted by Crippen LogP contribution is -2.63. The van der Waals surface area contributed by atoms with Crippen LogP contribution in [-0.2, 0) is 28.6 Å². The van der Waals surface area contributed by atoms with Gasteiger partial charge in [0.2, 0.25) is 0 Å². The Bertz CT molecular complexity index is 1040. The molecule has 4 rings (SSSR count). The average molecular weight is 649 g/mol. The monoisotopic (exact) mass is 648 g/mol. The van der Waals surface area contributed by atoms with Crippen molar-refractivity contribution in [3.8, 4) is 0 Å². The van der Waals surface area contributed by atoms with Gasteiger partial charge in [-0.25, -0.2) is 0 Å². The van der Waals surface area contributed by atoms with Crippen LogP contribution in [0.5, 0.6) is 0 Å². The summed E-state index contributed by atoms with van der Waals surface area (Å²) in [6, 6.07) is 0. The maximum atomic E-state index is 13.2. The number of fused-ring (bicyclic) bond motifs is 5. The first-order valence-electron chi connectivity index (χ1n) is 18.3. The average Bonchev–Trinajstić information content (AvgIpc) is 3.36. The van der Waals surface area contributed by atoms with Gasteiger partial charge in [-0.15, -0.1) is 0 Å². The van der Waals surface area contributed by atoms with Crippen LogP contribution in [0.2, 0.25) is 0 Å². The first-order chi connectivity index (χ1) is 21.9. The molecule has 4 saturated carbocycles. The molecule has 264 valence electrons. The summed E-state index contributed by atoms with van der Waals surface area (Å²) in [6.07, 6.45) is 8.38. The maximum absolute atomic E-state index is 13.2. The van der Waals surface area contributed by atoms with Crippen LogP contribution in [0.15, 0.2) is 0 Å². The Hall–Kier alpha value is -1.75. The number of nitrogens with zero attached hydrogens (tertiary/aromatic N) is 1. The fraction of sp³-hybridized carbons (Fsp3) is 0.917. The number of esters is 3. The summed E-state index contributed by atoms with van der Waals surface area (Å²) < 4.78 is 18.7. The van der Waals surface area contributed by atoms with Crippen LogP contribution in [0.1, 0.15) is 105 Å². The minimum absolute atomic E-state index is 0.0491. The first kappa shape index (κ1) is 37.1. The second-order valence-electron chi connectivity index (χ2n) is 15.5. The second-order valence-corrected chi connectivity index (χ2v) is 15.5. The Kier molecular flexibility index (Phi) is 13.0. The highest BCUT2D eigenvalue weighted by molar-refractivity contribution is 5.70. The summed E-state index contributed by atoms with van der Waals surface area (Å²) in [7, 11) is 2.17. The molecule has 0 aromatic heterocycles. The van der Waals surface area contributed by atoms with Crippen LogP contribution in [0, 0.1) is 46.3 Å². The highest BCUT2D eigenvalue weighted by Gasteiger charge is 2.67. The highest BCUT2D eigenvalue weighted by atomic mass is 16.6. The largest absolute Gasteiger partial charge is 0.462 e. The third-order valence-electron chi connectivity index (χ3n) is 13.1. The lowest BCUT2D eigenvalue weighted by molar-refractivity contribution is -0.225. The van der Waals surface area contributed by atoms with E-state index in [1.165, 1.54) is 0 Å². The molecule has 0 aromatic rings. The molecule has 10 heteroatoms. The number of nitrogens with two attached hydrogens (primary N) is 3.